The molecule has 2 amide bonds. The Kier molecular flexibility index (Phi) is 7.38. The first-order valence-corrected chi connectivity index (χ1v) is 12.2. The molecule has 33 heavy (non-hydrogen) atoms. The van der Waals surface area contributed by atoms with Crippen molar-refractivity contribution in [3.8, 4) is 0 Å². The second-order valence-corrected chi connectivity index (χ2v) is 10.6. The summed E-state index contributed by atoms with van der Waals surface area (Å²) in [6.45, 7) is 4.55. The van der Waals surface area contributed by atoms with Crippen molar-refractivity contribution in [1.82, 2.24) is 19.1 Å². The molecule has 1 aliphatic heterocycles. The van der Waals surface area contributed by atoms with Gasteiger partial charge in [-0.3, -0.25) is 9.59 Å². The lowest BCUT2D eigenvalue weighted by molar-refractivity contribution is -0.129. The van der Waals surface area contributed by atoms with Gasteiger partial charge in [-0.2, -0.15) is 0 Å². The molecule has 178 valence electrons. The van der Waals surface area contributed by atoms with Gasteiger partial charge in [0.2, 0.25) is 15.9 Å². The third-order valence-corrected chi connectivity index (χ3v) is 7.82. The van der Waals surface area contributed by atoms with Gasteiger partial charge >= 0.3 is 0 Å². The first-order chi connectivity index (χ1) is 15.5. The molecule has 2 atom stereocenters. The number of hydrogen-bond donors (Lipinski definition) is 1. The lowest BCUT2D eigenvalue weighted by atomic mass is 10.1. The van der Waals surface area contributed by atoms with E-state index in [-0.39, 0.29) is 28.8 Å². The summed E-state index contributed by atoms with van der Waals surface area (Å²) >= 11 is 0. The van der Waals surface area contributed by atoms with E-state index in [1.165, 1.54) is 31.5 Å². The number of amides is 2. The predicted octanol–water partition coefficient (Wildman–Crippen LogP) is 2.20. The Bertz CT molecular complexity index is 1120. The summed E-state index contributed by atoms with van der Waals surface area (Å²) < 4.78 is 26.0. The van der Waals surface area contributed by atoms with Crippen molar-refractivity contribution in [3.63, 3.8) is 0 Å². The van der Waals surface area contributed by atoms with Crippen LogP contribution in [0.4, 0.5) is 5.82 Å². The molecule has 1 N–H and O–H groups in total. The molecular weight excluding hydrogens is 442 g/mol. The summed E-state index contributed by atoms with van der Waals surface area (Å²) in [5.74, 6) is 0.462. The zero-order valence-electron chi connectivity index (χ0n) is 19.6. The highest BCUT2D eigenvalue weighted by atomic mass is 32.2. The van der Waals surface area contributed by atoms with E-state index in [0.29, 0.717) is 24.5 Å². The molecule has 0 unspecified atom stereocenters. The van der Waals surface area contributed by atoms with Gasteiger partial charge < -0.3 is 15.1 Å². The minimum atomic E-state index is -3.52. The van der Waals surface area contributed by atoms with Crippen LogP contribution in [-0.2, 0) is 14.8 Å². The number of nitrogens with zero attached hydrogens (tertiary/aromatic N) is 4. The van der Waals surface area contributed by atoms with Crippen molar-refractivity contribution in [2.75, 3.05) is 39.5 Å². The quantitative estimate of drug-likeness (QED) is 0.661. The molecule has 0 radical (unpaired) electrons. The minimum Gasteiger partial charge on any atom is -0.364 e. The highest BCUT2D eigenvalue weighted by molar-refractivity contribution is 7.89. The van der Waals surface area contributed by atoms with Gasteiger partial charge in [-0.05, 0) is 43.2 Å². The van der Waals surface area contributed by atoms with Crippen LogP contribution in [0.25, 0.3) is 0 Å². The molecule has 2 heterocycles. The van der Waals surface area contributed by atoms with E-state index in [4.69, 9.17) is 0 Å². The largest absolute Gasteiger partial charge is 0.364 e. The number of carbonyl (C=O) groups excluding carboxylic acids is 2. The fourth-order valence-corrected chi connectivity index (χ4v) is 4.71. The number of rotatable bonds is 7. The van der Waals surface area contributed by atoms with Gasteiger partial charge in [0.25, 0.3) is 5.91 Å². The summed E-state index contributed by atoms with van der Waals surface area (Å²) in [5.41, 5.74) is 1.29. The summed E-state index contributed by atoms with van der Waals surface area (Å²) in [7, 11) is 1.24. The Morgan fingerprint density at radius 3 is 2.52 bits per heavy atom. The normalized spacial score (nSPS) is 17.2. The van der Waals surface area contributed by atoms with Crippen molar-refractivity contribution < 1.29 is 18.0 Å². The molecule has 2 aromatic rings. The van der Waals surface area contributed by atoms with E-state index in [2.05, 4.69) is 10.3 Å². The second kappa shape index (κ2) is 9.88. The Morgan fingerprint density at radius 1 is 1.18 bits per heavy atom. The zero-order chi connectivity index (χ0) is 24.3. The molecular formula is C23H31N5O4S. The maximum Gasteiger partial charge on any atom is 0.255 e. The zero-order valence-corrected chi connectivity index (χ0v) is 20.5. The van der Waals surface area contributed by atoms with Crippen LogP contribution in [0.1, 0.15) is 42.2 Å². The Hall–Kier alpha value is -2.98. The van der Waals surface area contributed by atoms with Crippen LogP contribution in [0.3, 0.4) is 0 Å². The lowest BCUT2D eigenvalue weighted by Gasteiger charge is -2.23. The first-order valence-electron chi connectivity index (χ1n) is 10.8. The highest BCUT2D eigenvalue weighted by Crippen LogP contribution is 2.23. The average Bonchev–Trinajstić information content (AvgIpc) is 3.28. The lowest BCUT2D eigenvalue weighted by Crippen LogP contribution is -2.38. The van der Waals surface area contributed by atoms with Crippen molar-refractivity contribution >= 4 is 27.7 Å². The number of anilines is 1. The smallest absolute Gasteiger partial charge is 0.255 e. The van der Waals surface area contributed by atoms with Crippen LogP contribution >= 0.6 is 0 Å². The second-order valence-electron chi connectivity index (χ2n) is 8.48. The predicted molar refractivity (Wildman–Crippen MR) is 126 cm³/mol. The standard InChI is InChI=1S/C23H31N5O4S/c1-16(18-7-6-8-21(13-18)33(31,32)26(3)4)25-22-10-9-19(14-24-22)23(30)28-12-11-20(15-28)27(5)17(2)29/h6-10,13-14,16,20H,11-12,15H2,1-5H3,(H,24,25)/t16-,20-/m0/s1. The average molecular weight is 474 g/mol. The van der Waals surface area contributed by atoms with Crippen LogP contribution in [0.5, 0.6) is 0 Å². The molecule has 9 nitrogen and oxygen atoms in total. The number of sulfonamides is 1. The molecule has 1 fully saturated rings. The van der Waals surface area contributed by atoms with Gasteiger partial charge in [0.05, 0.1) is 16.5 Å². The summed E-state index contributed by atoms with van der Waals surface area (Å²) in [6.07, 6.45) is 2.29. The fraction of sp³-hybridized carbons (Fsp3) is 0.435. The van der Waals surface area contributed by atoms with E-state index in [1.54, 1.807) is 47.2 Å². The molecule has 1 aromatic carbocycles. The monoisotopic (exact) mass is 473 g/mol. The maximum absolute atomic E-state index is 12.8. The van der Waals surface area contributed by atoms with Gasteiger partial charge in [0.15, 0.2) is 0 Å². The topological polar surface area (TPSA) is 103 Å². The third kappa shape index (κ3) is 5.51. The van der Waals surface area contributed by atoms with Crippen LogP contribution < -0.4 is 5.32 Å². The molecule has 1 aromatic heterocycles. The van der Waals surface area contributed by atoms with Crippen LogP contribution in [0.2, 0.25) is 0 Å². The van der Waals surface area contributed by atoms with E-state index in [1.807, 2.05) is 13.0 Å². The first kappa shape index (κ1) is 24.7. The Morgan fingerprint density at radius 2 is 1.91 bits per heavy atom. The molecule has 0 spiro atoms. The van der Waals surface area contributed by atoms with Crippen molar-refractivity contribution in [2.45, 2.75) is 37.2 Å². The highest BCUT2D eigenvalue weighted by Gasteiger charge is 2.30. The van der Waals surface area contributed by atoms with Crippen LogP contribution in [0.15, 0.2) is 47.5 Å². The molecule has 3 rings (SSSR count). The van der Waals surface area contributed by atoms with Crippen LogP contribution in [-0.4, -0.2) is 79.6 Å². The number of carbonyl (C=O) groups is 2. The summed E-state index contributed by atoms with van der Waals surface area (Å²) in [6, 6.07) is 10.1. The van der Waals surface area contributed by atoms with Crippen molar-refractivity contribution in [3.05, 3.63) is 53.7 Å². The van der Waals surface area contributed by atoms with Crippen molar-refractivity contribution in [1.29, 1.82) is 0 Å². The SMILES string of the molecule is CC(=O)N(C)[C@H]1CCN(C(=O)c2ccc(N[C@@H](C)c3cccc(S(=O)(=O)N(C)C)c3)nc2)C1. The van der Waals surface area contributed by atoms with Gasteiger partial charge in [-0.1, -0.05) is 12.1 Å². The number of benzene rings is 1. The van der Waals surface area contributed by atoms with E-state index in [9.17, 15) is 18.0 Å². The number of aromatic nitrogens is 1. The molecule has 10 heteroatoms. The number of nitrogens with one attached hydrogen (secondary N) is 1. The number of hydrogen-bond acceptors (Lipinski definition) is 6. The molecule has 0 bridgehead atoms. The minimum absolute atomic E-state index is 0.00892. The number of likely N-dealkylation sites (tertiary alicyclic amines) is 1. The van der Waals surface area contributed by atoms with Gasteiger partial charge in [0, 0.05) is 53.4 Å². The van der Waals surface area contributed by atoms with Gasteiger partial charge in [-0.25, -0.2) is 17.7 Å². The number of likely N-dealkylation sites (N-methyl/N-ethyl adjacent to an activating group) is 1. The molecule has 0 aliphatic carbocycles. The molecule has 1 aliphatic rings. The van der Waals surface area contributed by atoms with Crippen molar-refractivity contribution in [2.24, 2.45) is 0 Å². The van der Waals surface area contributed by atoms with Gasteiger partial charge in [-0.15, -0.1) is 0 Å². The van der Waals surface area contributed by atoms with E-state index >= 15 is 0 Å². The maximum atomic E-state index is 12.8. The fourth-order valence-electron chi connectivity index (χ4n) is 3.75. The summed E-state index contributed by atoms with van der Waals surface area (Å²) in [4.78, 5) is 32.4. The summed E-state index contributed by atoms with van der Waals surface area (Å²) in [5, 5.41) is 3.25. The van der Waals surface area contributed by atoms with E-state index < -0.39 is 10.0 Å². The van der Waals surface area contributed by atoms with E-state index in [0.717, 1.165) is 12.0 Å². The van der Waals surface area contributed by atoms with Crippen LogP contribution in [0, 0.1) is 0 Å². The Labute approximate surface area is 195 Å². The molecule has 1 saturated heterocycles. The van der Waals surface area contributed by atoms with Gasteiger partial charge in [0.1, 0.15) is 5.82 Å². The number of pyridine rings is 1. The molecule has 0 saturated carbocycles. The third-order valence-electron chi connectivity index (χ3n) is 6.01. The Balaban J connectivity index is 1.65.